The lowest BCUT2D eigenvalue weighted by Crippen LogP contribution is -2.30. The topological polar surface area (TPSA) is 91.0 Å². The molecule has 0 radical (unpaired) electrons. The molecular weight excluding hydrogens is 434 g/mol. The van der Waals surface area contributed by atoms with Crippen LogP contribution in [-0.4, -0.2) is 45.0 Å². The Hall–Kier alpha value is -2.45. The number of amides is 2. The van der Waals surface area contributed by atoms with Crippen LogP contribution in [0, 0.1) is 11.3 Å². The van der Waals surface area contributed by atoms with E-state index in [1.54, 1.807) is 4.90 Å². The molecule has 1 atom stereocenters. The predicted octanol–water partition coefficient (Wildman–Crippen LogP) is 4.29. The molecule has 2 aromatic heterocycles. The summed E-state index contributed by atoms with van der Waals surface area (Å²) in [4.78, 5) is 30.1. The van der Waals surface area contributed by atoms with E-state index in [9.17, 15) is 9.59 Å². The van der Waals surface area contributed by atoms with Crippen molar-refractivity contribution in [3.8, 4) is 0 Å². The van der Waals surface area contributed by atoms with Crippen molar-refractivity contribution < 1.29 is 9.59 Å². The highest BCUT2D eigenvalue weighted by molar-refractivity contribution is 7.15. The molecule has 2 amide bonds. The molecular formula is C22H26ClN5O2S. The lowest BCUT2D eigenvalue weighted by molar-refractivity contribution is -0.128. The second-order valence-corrected chi connectivity index (χ2v) is 10.7. The van der Waals surface area contributed by atoms with E-state index in [2.05, 4.69) is 41.3 Å². The number of carbonyl (C=O) groups is 2. The summed E-state index contributed by atoms with van der Waals surface area (Å²) in [6.45, 7) is 7.39. The monoisotopic (exact) mass is 459 g/mol. The van der Waals surface area contributed by atoms with Crippen LogP contribution in [0.1, 0.15) is 37.8 Å². The minimum absolute atomic E-state index is 0.00343. The SMILES string of the molecule is CC(C)(C)Cc1nnc(NC(=O)C2CC(=O)N(CCc3c[nH]c4ccc(Cl)cc34)C2)s1. The molecule has 9 heteroatoms. The van der Waals surface area contributed by atoms with Crippen molar-refractivity contribution in [2.24, 2.45) is 11.3 Å². The molecule has 7 nitrogen and oxygen atoms in total. The Morgan fingerprint density at radius 2 is 2.16 bits per heavy atom. The molecule has 0 spiro atoms. The summed E-state index contributed by atoms with van der Waals surface area (Å²) in [5, 5.41) is 14.2. The number of aromatic nitrogens is 3. The van der Waals surface area contributed by atoms with E-state index in [-0.39, 0.29) is 29.6 Å². The summed E-state index contributed by atoms with van der Waals surface area (Å²) < 4.78 is 0. The molecule has 1 unspecified atom stereocenters. The number of rotatable bonds is 6. The van der Waals surface area contributed by atoms with Crippen LogP contribution >= 0.6 is 22.9 Å². The van der Waals surface area contributed by atoms with Crippen LogP contribution in [0.15, 0.2) is 24.4 Å². The minimum Gasteiger partial charge on any atom is -0.361 e. The van der Waals surface area contributed by atoms with Gasteiger partial charge in [0.15, 0.2) is 0 Å². The van der Waals surface area contributed by atoms with E-state index in [0.29, 0.717) is 29.7 Å². The summed E-state index contributed by atoms with van der Waals surface area (Å²) in [5.74, 6) is -0.545. The molecule has 3 heterocycles. The number of hydrogen-bond donors (Lipinski definition) is 2. The standard InChI is InChI=1S/C22H26ClN5O2S/c1-22(2,3)10-18-26-27-21(31-18)25-20(30)14-8-19(29)28(12-14)7-6-13-11-24-17-5-4-15(23)9-16(13)17/h4-5,9,11,14,24H,6-8,10,12H2,1-3H3,(H,25,27,30). The maximum Gasteiger partial charge on any atom is 0.231 e. The van der Waals surface area contributed by atoms with Gasteiger partial charge < -0.3 is 15.2 Å². The van der Waals surface area contributed by atoms with Gasteiger partial charge in [-0.25, -0.2) is 0 Å². The number of halogens is 1. The minimum atomic E-state index is -0.375. The maximum absolute atomic E-state index is 12.7. The van der Waals surface area contributed by atoms with Crippen molar-refractivity contribution >= 4 is 50.8 Å². The summed E-state index contributed by atoms with van der Waals surface area (Å²) in [6.07, 6.45) is 3.68. The number of nitrogens with one attached hydrogen (secondary N) is 2. The molecule has 4 rings (SSSR count). The van der Waals surface area contributed by atoms with Gasteiger partial charge >= 0.3 is 0 Å². The van der Waals surface area contributed by atoms with Crippen molar-refractivity contribution in [1.29, 1.82) is 0 Å². The lowest BCUT2D eigenvalue weighted by Gasteiger charge is -2.16. The predicted molar refractivity (Wildman–Crippen MR) is 123 cm³/mol. The fourth-order valence-corrected chi connectivity index (χ4v) is 5.03. The van der Waals surface area contributed by atoms with Crippen molar-refractivity contribution in [2.45, 2.75) is 40.0 Å². The van der Waals surface area contributed by atoms with Crippen LogP contribution in [0.4, 0.5) is 5.13 Å². The summed E-state index contributed by atoms with van der Waals surface area (Å²) >= 11 is 7.51. The second kappa shape index (κ2) is 8.59. The van der Waals surface area contributed by atoms with Gasteiger partial charge in [0.2, 0.25) is 16.9 Å². The van der Waals surface area contributed by atoms with Crippen LogP contribution in [0.25, 0.3) is 10.9 Å². The van der Waals surface area contributed by atoms with Gasteiger partial charge in [-0.1, -0.05) is 43.7 Å². The number of carbonyl (C=O) groups excluding carboxylic acids is 2. The van der Waals surface area contributed by atoms with Crippen LogP contribution in [0.2, 0.25) is 5.02 Å². The molecule has 164 valence electrons. The van der Waals surface area contributed by atoms with E-state index < -0.39 is 0 Å². The number of nitrogens with zero attached hydrogens (tertiary/aromatic N) is 3. The first kappa shape index (κ1) is 21.8. The second-order valence-electron chi connectivity index (χ2n) is 9.22. The summed E-state index contributed by atoms with van der Waals surface area (Å²) in [6, 6.07) is 5.73. The first-order chi connectivity index (χ1) is 14.7. The summed E-state index contributed by atoms with van der Waals surface area (Å²) in [5.41, 5.74) is 2.24. The molecule has 1 fully saturated rings. The fraction of sp³-hybridized carbons (Fsp3) is 0.455. The Morgan fingerprint density at radius 1 is 1.35 bits per heavy atom. The quantitative estimate of drug-likeness (QED) is 0.575. The molecule has 1 saturated heterocycles. The molecule has 0 aliphatic carbocycles. The highest BCUT2D eigenvalue weighted by atomic mass is 35.5. The van der Waals surface area contributed by atoms with Gasteiger partial charge in [0.05, 0.1) is 5.92 Å². The first-order valence-electron chi connectivity index (χ1n) is 10.3. The smallest absolute Gasteiger partial charge is 0.231 e. The zero-order valence-electron chi connectivity index (χ0n) is 17.9. The Bertz CT molecular complexity index is 1120. The van der Waals surface area contributed by atoms with Crippen molar-refractivity contribution in [3.05, 3.63) is 40.0 Å². The molecule has 0 bridgehead atoms. The van der Waals surface area contributed by atoms with Gasteiger partial charge in [0.25, 0.3) is 0 Å². The summed E-state index contributed by atoms with van der Waals surface area (Å²) in [7, 11) is 0. The van der Waals surface area contributed by atoms with Gasteiger partial charge in [-0.15, -0.1) is 10.2 Å². The third kappa shape index (κ3) is 5.25. The fourth-order valence-electron chi connectivity index (χ4n) is 3.81. The highest BCUT2D eigenvalue weighted by Gasteiger charge is 2.34. The number of hydrogen-bond acceptors (Lipinski definition) is 5. The number of anilines is 1. The van der Waals surface area contributed by atoms with Gasteiger partial charge in [-0.05, 0) is 35.6 Å². The number of likely N-dealkylation sites (tertiary alicyclic amines) is 1. The molecule has 1 aromatic carbocycles. The largest absolute Gasteiger partial charge is 0.361 e. The average molecular weight is 460 g/mol. The molecule has 3 aromatic rings. The number of benzene rings is 1. The van der Waals surface area contributed by atoms with E-state index in [0.717, 1.165) is 27.9 Å². The normalized spacial score (nSPS) is 17.0. The van der Waals surface area contributed by atoms with E-state index in [1.807, 2.05) is 24.4 Å². The third-order valence-electron chi connectivity index (χ3n) is 5.34. The van der Waals surface area contributed by atoms with Gasteiger partial charge in [0, 0.05) is 48.1 Å². The van der Waals surface area contributed by atoms with Gasteiger partial charge in [-0.2, -0.15) is 0 Å². The molecule has 2 N–H and O–H groups in total. The average Bonchev–Trinajstić information content (AvgIpc) is 3.38. The zero-order valence-corrected chi connectivity index (χ0v) is 19.4. The highest BCUT2D eigenvalue weighted by Crippen LogP contribution is 2.27. The van der Waals surface area contributed by atoms with Crippen molar-refractivity contribution in [2.75, 3.05) is 18.4 Å². The van der Waals surface area contributed by atoms with E-state index in [4.69, 9.17) is 11.6 Å². The van der Waals surface area contributed by atoms with Crippen LogP contribution < -0.4 is 5.32 Å². The van der Waals surface area contributed by atoms with Crippen LogP contribution in [-0.2, 0) is 22.4 Å². The molecule has 1 aliphatic rings. The number of H-pyrrole nitrogens is 1. The Balaban J connectivity index is 1.33. The number of aromatic amines is 1. The molecule has 1 aliphatic heterocycles. The van der Waals surface area contributed by atoms with Crippen LogP contribution in [0.3, 0.4) is 0 Å². The van der Waals surface area contributed by atoms with Gasteiger partial charge in [0.1, 0.15) is 5.01 Å². The molecule has 0 saturated carbocycles. The zero-order chi connectivity index (χ0) is 22.2. The van der Waals surface area contributed by atoms with Crippen molar-refractivity contribution in [3.63, 3.8) is 0 Å². The van der Waals surface area contributed by atoms with Crippen molar-refractivity contribution in [1.82, 2.24) is 20.1 Å². The third-order valence-corrected chi connectivity index (χ3v) is 6.42. The number of fused-ring (bicyclic) bond motifs is 1. The van der Waals surface area contributed by atoms with E-state index in [1.165, 1.54) is 11.3 Å². The Morgan fingerprint density at radius 3 is 2.94 bits per heavy atom. The Kier molecular flexibility index (Phi) is 6.03. The van der Waals surface area contributed by atoms with E-state index >= 15 is 0 Å². The Labute approximate surface area is 190 Å². The first-order valence-corrected chi connectivity index (χ1v) is 11.5. The maximum atomic E-state index is 12.7. The lowest BCUT2D eigenvalue weighted by atomic mass is 9.93. The molecule has 31 heavy (non-hydrogen) atoms. The van der Waals surface area contributed by atoms with Crippen LogP contribution in [0.5, 0.6) is 0 Å². The van der Waals surface area contributed by atoms with Gasteiger partial charge in [-0.3, -0.25) is 9.59 Å².